The van der Waals surface area contributed by atoms with Gasteiger partial charge in [-0.15, -0.1) is 0 Å². The lowest BCUT2D eigenvalue weighted by Crippen LogP contribution is -2.31. The van der Waals surface area contributed by atoms with Crippen molar-refractivity contribution in [2.45, 2.75) is 18.2 Å². The van der Waals surface area contributed by atoms with Gasteiger partial charge in [0.05, 0.1) is 6.61 Å². The molecule has 0 aliphatic carbocycles. The second kappa shape index (κ2) is 5.88. The van der Waals surface area contributed by atoms with Crippen LogP contribution in [0.3, 0.4) is 0 Å². The van der Waals surface area contributed by atoms with Gasteiger partial charge in [-0.05, 0) is 25.3 Å². The van der Waals surface area contributed by atoms with Gasteiger partial charge in [0.1, 0.15) is 5.82 Å². The number of hydrogen-bond donors (Lipinski definition) is 2. The molecule has 0 bridgehead atoms. The van der Waals surface area contributed by atoms with Crippen molar-refractivity contribution in [2.75, 3.05) is 18.2 Å². The Kier molecular flexibility index (Phi) is 4.76. The van der Waals surface area contributed by atoms with E-state index in [0.717, 1.165) is 5.82 Å². The zero-order valence-corrected chi connectivity index (χ0v) is 9.29. The molecule has 1 rings (SSSR count). The van der Waals surface area contributed by atoms with E-state index in [9.17, 15) is 0 Å². The molecule has 1 aromatic rings. The summed E-state index contributed by atoms with van der Waals surface area (Å²) in [5.74, 6) is 0.854. The lowest BCUT2D eigenvalue weighted by molar-refractivity contribution is 0.288. The van der Waals surface area contributed by atoms with Crippen molar-refractivity contribution in [1.29, 1.82) is 0 Å². The molecule has 0 saturated heterocycles. The Morgan fingerprint density at radius 1 is 1.57 bits per heavy atom. The molecule has 0 radical (unpaired) electrons. The van der Waals surface area contributed by atoms with Gasteiger partial charge >= 0.3 is 0 Å². The number of aliphatic hydroxyl groups is 1. The molecule has 14 heavy (non-hydrogen) atoms. The standard InChI is InChI=1S/C10H16N2OS/c1-8(9(7-13)14-2)12-10-5-3-4-6-11-10/h3-6,8-9,13H,7H2,1-2H3,(H,11,12). The van der Waals surface area contributed by atoms with Crippen LogP contribution in [0.1, 0.15) is 6.92 Å². The highest BCUT2D eigenvalue weighted by molar-refractivity contribution is 7.99. The van der Waals surface area contributed by atoms with Gasteiger partial charge in [-0.2, -0.15) is 11.8 Å². The molecule has 3 nitrogen and oxygen atoms in total. The minimum Gasteiger partial charge on any atom is -0.395 e. The van der Waals surface area contributed by atoms with Crippen LogP contribution in [0.4, 0.5) is 5.82 Å². The molecular formula is C10H16N2OS. The minimum absolute atomic E-state index is 0.183. The normalized spacial score (nSPS) is 14.8. The fourth-order valence-electron chi connectivity index (χ4n) is 1.21. The molecule has 0 saturated carbocycles. The van der Waals surface area contributed by atoms with Gasteiger partial charge in [0.15, 0.2) is 0 Å². The fourth-order valence-corrected chi connectivity index (χ4v) is 1.84. The number of anilines is 1. The number of aliphatic hydroxyl groups excluding tert-OH is 1. The summed E-state index contributed by atoms with van der Waals surface area (Å²) in [4.78, 5) is 4.17. The summed E-state index contributed by atoms with van der Waals surface area (Å²) >= 11 is 1.66. The Balaban J connectivity index is 2.52. The predicted molar refractivity (Wildman–Crippen MR) is 61.7 cm³/mol. The zero-order valence-electron chi connectivity index (χ0n) is 8.47. The number of aromatic nitrogens is 1. The Hall–Kier alpha value is -0.740. The van der Waals surface area contributed by atoms with Crippen molar-refractivity contribution in [1.82, 2.24) is 4.98 Å². The first-order valence-electron chi connectivity index (χ1n) is 4.59. The van der Waals surface area contributed by atoms with Crippen LogP contribution in [0.25, 0.3) is 0 Å². The average Bonchev–Trinajstić information content (AvgIpc) is 2.21. The van der Waals surface area contributed by atoms with Crippen LogP contribution in [-0.4, -0.2) is 34.2 Å². The number of pyridine rings is 1. The number of nitrogens with one attached hydrogen (secondary N) is 1. The lowest BCUT2D eigenvalue weighted by atomic mass is 10.2. The quantitative estimate of drug-likeness (QED) is 0.778. The summed E-state index contributed by atoms with van der Waals surface area (Å²) in [7, 11) is 0. The second-order valence-corrected chi connectivity index (χ2v) is 4.18. The minimum atomic E-state index is 0.183. The highest BCUT2D eigenvalue weighted by Gasteiger charge is 2.14. The summed E-state index contributed by atoms with van der Waals surface area (Å²) in [6, 6.07) is 5.96. The maximum atomic E-state index is 9.09. The summed E-state index contributed by atoms with van der Waals surface area (Å²) in [6.07, 6.45) is 3.75. The summed E-state index contributed by atoms with van der Waals surface area (Å²) < 4.78 is 0. The van der Waals surface area contributed by atoms with Crippen molar-refractivity contribution in [2.24, 2.45) is 0 Å². The van der Waals surface area contributed by atoms with Crippen LogP contribution >= 0.6 is 11.8 Å². The lowest BCUT2D eigenvalue weighted by Gasteiger charge is -2.21. The van der Waals surface area contributed by atoms with Gasteiger partial charge in [0.2, 0.25) is 0 Å². The topological polar surface area (TPSA) is 45.1 Å². The van der Waals surface area contributed by atoms with Crippen molar-refractivity contribution in [3.8, 4) is 0 Å². The van der Waals surface area contributed by atoms with E-state index in [-0.39, 0.29) is 17.9 Å². The first-order chi connectivity index (χ1) is 6.77. The molecule has 2 unspecified atom stereocenters. The Morgan fingerprint density at radius 3 is 2.86 bits per heavy atom. The molecule has 2 atom stereocenters. The van der Waals surface area contributed by atoms with E-state index >= 15 is 0 Å². The van der Waals surface area contributed by atoms with E-state index in [1.54, 1.807) is 18.0 Å². The van der Waals surface area contributed by atoms with E-state index in [2.05, 4.69) is 10.3 Å². The van der Waals surface area contributed by atoms with E-state index in [1.807, 2.05) is 31.4 Å². The molecule has 0 spiro atoms. The third-order valence-electron chi connectivity index (χ3n) is 2.08. The molecule has 1 heterocycles. The van der Waals surface area contributed by atoms with Gasteiger partial charge in [-0.1, -0.05) is 6.07 Å². The molecule has 0 aromatic carbocycles. The molecular weight excluding hydrogens is 196 g/mol. The Labute approximate surface area is 88.9 Å². The maximum absolute atomic E-state index is 9.09. The number of nitrogens with zero attached hydrogens (tertiary/aromatic N) is 1. The largest absolute Gasteiger partial charge is 0.395 e. The Bertz CT molecular complexity index is 252. The highest BCUT2D eigenvalue weighted by atomic mass is 32.2. The molecule has 0 aliphatic rings. The van der Waals surface area contributed by atoms with Crippen molar-refractivity contribution >= 4 is 17.6 Å². The summed E-state index contributed by atoms with van der Waals surface area (Å²) in [5.41, 5.74) is 0. The molecule has 0 aliphatic heterocycles. The van der Waals surface area contributed by atoms with Crippen molar-refractivity contribution in [3.05, 3.63) is 24.4 Å². The molecule has 1 aromatic heterocycles. The van der Waals surface area contributed by atoms with E-state index < -0.39 is 0 Å². The van der Waals surface area contributed by atoms with Gasteiger partial charge in [0, 0.05) is 17.5 Å². The van der Waals surface area contributed by atoms with Crippen LogP contribution < -0.4 is 5.32 Å². The molecule has 0 amide bonds. The predicted octanol–water partition coefficient (Wildman–Crippen LogP) is 1.61. The van der Waals surface area contributed by atoms with Crippen LogP contribution in [0.5, 0.6) is 0 Å². The maximum Gasteiger partial charge on any atom is 0.126 e. The number of rotatable bonds is 5. The van der Waals surface area contributed by atoms with E-state index in [0.29, 0.717) is 0 Å². The van der Waals surface area contributed by atoms with E-state index in [4.69, 9.17) is 5.11 Å². The zero-order chi connectivity index (χ0) is 10.4. The third-order valence-corrected chi connectivity index (χ3v) is 3.24. The number of hydrogen-bond acceptors (Lipinski definition) is 4. The molecule has 2 N–H and O–H groups in total. The fraction of sp³-hybridized carbons (Fsp3) is 0.500. The van der Waals surface area contributed by atoms with Crippen LogP contribution in [0.2, 0.25) is 0 Å². The third kappa shape index (κ3) is 3.20. The molecule has 0 fully saturated rings. The summed E-state index contributed by atoms with van der Waals surface area (Å²) in [5, 5.41) is 12.6. The average molecular weight is 212 g/mol. The first kappa shape index (κ1) is 11.3. The highest BCUT2D eigenvalue weighted by Crippen LogP contribution is 2.14. The van der Waals surface area contributed by atoms with Crippen LogP contribution in [-0.2, 0) is 0 Å². The van der Waals surface area contributed by atoms with Gasteiger partial charge < -0.3 is 10.4 Å². The first-order valence-corrected chi connectivity index (χ1v) is 5.88. The molecule has 78 valence electrons. The number of thioether (sulfide) groups is 1. The summed E-state index contributed by atoms with van der Waals surface area (Å²) in [6.45, 7) is 2.23. The van der Waals surface area contributed by atoms with E-state index in [1.165, 1.54) is 0 Å². The van der Waals surface area contributed by atoms with Gasteiger partial charge in [-0.3, -0.25) is 0 Å². The molecule has 4 heteroatoms. The second-order valence-electron chi connectivity index (χ2n) is 3.10. The van der Waals surface area contributed by atoms with Gasteiger partial charge in [0.25, 0.3) is 0 Å². The van der Waals surface area contributed by atoms with Crippen molar-refractivity contribution < 1.29 is 5.11 Å². The Morgan fingerprint density at radius 2 is 2.36 bits per heavy atom. The SMILES string of the molecule is CSC(CO)C(C)Nc1ccccn1. The van der Waals surface area contributed by atoms with Crippen LogP contribution in [0, 0.1) is 0 Å². The van der Waals surface area contributed by atoms with Gasteiger partial charge in [-0.25, -0.2) is 4.98 Å². The van der Waals surface area contributed by atoms with Crippen LogP contribution in [0.15, 0.2) is 24.4 Å². The van der Waals surface area contributed by atoms with Crippen molar-refractivity contribution in [3.63, 3.8) is 0 Å². The monoisotopic (exact) mass is 212 g/mol. The smallest absolute Gasteiger partial charge is 0.126 e.